The predicted octanol–water partition coefficient (Wildman–Crippen LogP) is 3.98. The number of benzene rings is 2. The fraction of sp³-hybridized carbons (Fsp3) is 0.200. The largest absolute Gasteiger partial charge is 0.493 e. The summed E-state index contributed by atoms with van der Waals surface area (Å²) in [7, 11) is 3.26. The van der Waals surface area contributed by atoms with Crippen LogP contribution >= 0.6 is 24.0 Å². The van der Waals surface area contributed by atoms with Gasteiger partial charge in [0.1, 0.15) is 23.3 Å². The quantitative estimate of drug-likeness (QED) is 0.397. The van der Waals surface area contributed by atoms with E-state index in [4.69, 9.17) is 26.4 Å². The summed E-state index contributed by atoms with van der Waals surface area (Å²) in [6.07, 6.45) is 1.80. The zero-order valence-corrected chi connectivity index (χ0v) is 16.6. The van der Waals surface area contributed by atoms with E-state index in [2.05, 4.69) is 0 Å². The number of ether oxygens (including phenoxy) is 3. The molecule has 1 heterocycles. The van der Waals surface area contributed by atoms with Gasteiger partial charge >= 0.3 is 0 Å². The van der Waals surface area contributed by atoms with Crippen LogP contribution in [-0.2, 0) is 4.79 Å². The average Bonchev–Trinajstić information content (AvgIpc) is 2.93. The number of rotatable bonds is 7. The van der Waals surface area contributed by atoms with Crippen LogP contribution in [0.1, 0.15) is 5.56 Å². The molecule has 0 spiro atoms. The molecule has 0 bridgehead atoms. The Balaban J connectivity index is 1.62. The van der Waals surface area contributed by atoms with Crippen LogP contribution in [0.25, 0.3) is 6.08 Å². The van der Waals surface area contributed by atoms with Crippen molar-refractivity contribution in [3.63, 3.8) is 0 Å². The van der Waals surface area contributed by atoms with E-state index in [1.807, 2.05) is 48.5 Å². The molecule has 140 valence electrons. The van der Waals surface area contributed by atoms with Crippen LogP contribution in [0.5, 0.6) is 17.2 Å². The van der Waals surface area contributed by atoms with E-state index in [0.717, 1.165) is 11.3 Å². The van der Waals surface area contributed by atoms with Gasteiger partial charge in [0.15, 0.2) is 11.5 Å². The summed E-state index contributed by atoms with van der Waals surface area (Å²) in [5.41, 5.74) is 0.841. The molecule has 0 radical (unpaired) electrons. The number of likely N-dealkylation sites (N-methyl/N-ethyl adjacent to an activating group) is 1. The Kier molecular flexibility index (Phi) is 6.36. The number of hydrogen-bond donors (Lipinski definition) is 0. The monoisotopic (exact) mass is 401 g/mol. The molecule has 5 nitrogen and oxygen atoms in total. The summed E-state index contributed by atoms with van der Waals surface area (Å²) in [5, 5.41) is 0. The number of methoxy groups -OCH3 is 1. The van der Waals surface area contributed by atoms with Crippen molar-refractivity contribution in [2.75, 3.05) is 27.4 Å². The lowest BCUT2D eigenvalue weighted by Gasteiger charge is -2.12. The third kappa shape index (κ3) is 4.81. The van der Waals surface area contributed by atoms with Crippen LogP contribution in [-0.4, -0.2) is 42.5 Å². The third-order valence-corrected chi connectivity index (χ3v) is 5.31. The van der Waals surface area contributed by atoms with Crippen LogP contribution < -0.4 is 14.2 Å². The summed E-state index contributed by atoms with van der Waals surface area (Å²) >= 11 is 6.44. The number of carbonyl (C=O) groups is 1. The van der Waals surface area contributed by atoms with Gasteiger partial charge in [-0.1, -0.05) is 48.2 Å². The second-order valence-electron chi connectivity index (χ2n) is 5.66. The highest BCUT2D eigenvalue weighted by Crippen LogP contribution is 2.34. The van der Waals surface area contributed by atoms with Gasteiger partial charge in [-0.25, -0.2) is 0 Å². The van der Waals surface area contributed by atoms with Gasteiger partial charge in [-0.2, -0.15) is 0 Å². The number of thiocarbonyl (C=S) groups is 1. The lowest BCUT2D eigenvalue weighted by atomic mass is 10.2. The Morgan fingerprint density at radius 1 is 1.07 bits per heavy atom. The summed E-state index contributed by atoms with van der Waals surface area (Å²) in [5.74, 6) is 1.92. The molecule has 2 aromatic rings. The number of amides is 1. The maximum Gasteiger partial charge on any atom is 0.265 e. The molecule has 0 atom stereocenters. The molecule has 7 heteroatoms. The summed E-state index contributed by atoms with van der Waals surface area (Å²) in [4.78, 5) is 14.2. The van der Waals surface area contributed by atoms with Crippen molar-refractivity contribution < 1.29 is 19.0 Å². The molecule has 27 heavy (non-hydrogen) atoms. The zero-order chi connectivity index (χ0) is 19.2. The number of nitrogens with zero attached hydrogens (tertiary/aromatic N) is 1. The number of carbonyl (C=O) groups excluding carboxylic acids is 1. The number of para-hydroxylation sites is 1. The standard InChI is InChI=1S/C20H19NO4S2/c1-21-19(22)18(27-20(21)26)13-14-8-9-16(17(12-14)23-2)25-11-10-24-15-6-4-3-5-7-15/h3-9,12-13H,10-11H2,1-2H3/b18-13-. The first-order valence-corrected chi connectivity index (χ1v) is 9.51. The van der Waals surface area contributed by atoms with Crippen LogP contribution in [0, 0.1) is 0 Å². The van der Waals surface area contributed by atoms with E-state index >= 15 is 0 Å². The molecule has 2 aromatic carbocycles. The molecule has 0 aromatic heterocycles. The molecule has 0 N–H and O–H groups in total. The first-order chi connectivity index (χ1) is 13.1. The molecule has 0 aliphatic carbocycles. The molecule has 1 aliphatic heterocycles. The number of thioether (sulfide) groups is 1. The highest BCUT2D eigenvalue weighted by molar-refractivity contribution is 8.26. The predicted molar refractivity (Wildman–Crippen MR) is 111 cm³/mol. The van der Waals surface area contributed by atoms with E-state index in [1.54, 1.807) is 20.2 Å². The van der Waals surface area contributed by atoms with E-state index in [9.17, 15) is 4.79 Å². The van der Waals surface area contributed by atoms with Gasteiger partial charge in [0, 0.05) is 7.05 Å². The van der Waals surface area contributed by atoms with Gasteiger partial charge in [0.05, 0.1) is 12.0 Å². The van der Waals surface area contributed by atoms with Crippen molar-refractivity contribution in [3.8, 4) is 17.2 Å². The highest BCUT2D eigenvalue weighted by Gasteiger charge is 2.28. The van der Waals surface area contributed by atoms with Gasteiger partial charge in [0.25, 0.3) is 5.91 Å². The van der Waals surface area contributed by atoms with E-state index in [0.29, 0.717) is 33.9 Å². The molecule has 0 saturated carbocycles. The van der Waals surface area contributed by atoms with Crippen molar-refractivity contribution >= 4 is 40.3 Å². The van der Waals surface area contributed by atoms with Crippen molar-refractivity contribution in [3.05, 3.63) is 59.0 Å². The molecule has 1 aliphatic rings. The van der Waals surface area contributed by atoms with Crippen LogP contribution in [0.2, 0.25) is 0 Å². The molecular weight excluding hydrogens is 382 g/mol. The number of hydrogen-bond acceptors (Lipinski definition) is 6. The van der Waals surface area contributed by atoms with Gasteiger partial charge in [0.2, 0.25) is 0 Å². The fourth-order valence-corrected chi connectivity index (χ4v) is 3.60. The van der Waals surface area contributed by atoms with Crippen molar-refractivity contribution in [1.29, 1.82) is 0 Å². The minimum absolute atomic E-state index is 0.0950. The van der Waals surface area contributed by atoms with Gasteiger partial charge in [-0.05, 0) is 35.9 Å². The van der Waals surface area contributed by atoms with Crippen LogP contribution in [0.3, 0.4) is 0 Å². The van der Waals surface area contributed by atoms with Crippen LogP contribution in [0.15, 0.2) is 53.4 Å². The van der Waals surface area contributed by atoms with Crippen molar-refractivity contribution in [2.45, 2.75) is 0 Å². The second kappa shape index (κ2) is 8.92. The SMILES string of the molecule is COc1cc(/C=C2\SC(=S)N(C)C2=O)ccc1OCCOc1ccccc1. The minimum Gasteiger partial charge on any atom is -0.493 e. The summed E-state index contributed by atoms with van der Waals surface area (Å²) < 4.78 is 17.3. The van der Waals surface area contributed by atoms with E-state index in [-0.39, 0.29) is 5.91 Å². The minimum atomic E-state index is -0.0950. The van der Waals surface area contributed by atoms with Gasteiger partial charge in [-0.15, -0.1) is 0 Å². The Hall–Kier alpha value is -2.51. The lowest BCUT2D eigenvalue weighted by molar-refractivity contribution is -0.121. The van der Waals surface area contributed by atoms with Crippen molar-refractivity contribution in [2.24, 2.45) is 0 Å². The first kappa shape index (κ1) is 19.3. The maximum absolute atomic E-state index is 12.1. The van der Waals surface area contributed by atoms with Gasteiger partial charge in [-0.3, -0.25) is 9.69 Å². The average molecular weight is 402 g/mol. The van der Waals surface area contributed by atoms with E-state index in [1.165, 1.54) is 16.7 Å². The van der Waals surface area contributed by atoms with E-state index < -0.39 is 0 Å². The Morgan fingerprint density at radius 2 is 1.81 bits per heavy atom. The topological polar surface area (TPSA) is 48.0 Å². The zero-order valence-electron chi connectivity index (χ0n) is 15.0. The first-order valence-electron chi connectivity index (χ1n) is 8.28. The maximum atomic E-state index is 12.1. The fourth-order valence-electron chi connectivity index (χ4n) is 2.42. The summed E-state index contributed by atoms with van der Waals surface area (Å²) in [6, 6.07) is 15.1. The smallest absolute Gasteiger partial charge is 0.265 e. The molecule has 0 unspecified atom stereocenters. The lowest BCUT2D eigenvalue weighted by Crippen LogP contribution is -2.22. The van der Waals surface area contributed by atoms with Gasteiger partial charge < -0.3 is 14.2 Å². The normalized spacial score (nSPS) is 15.3. The Bertz CT molecular complexity index is 868. The molecule has 1 saturated heterocycles. The van der Waals surface area contributed by atoms with Crippen LogP contribution in [0.4, 0.5) is 0 Å². The third-order valence-electron chi connectivity index (χ3n) is 3.82. The second-order valence-corrected chi connectivity index (χ2v) is 7.34. The molecular formula is C20H19NO4S2. The van der Waals surface area contributed by atoms with Crippen molar-refractivity contribution in [1.82, 2.24) is 4.90 Å². The molecule has 3 rings (SSSR count). The molecule has 1 fully saturated rings. The summed E-state index contributed by atoms with van der Waals surface area (Å²) in [6.45, 7) is 0.812. The highest BCUT2D eigenvalue weighted by atomic mass is 32.2. The Morgan fingerprint density at radius 3 is 2.48 bits per heavy atom. The molecule has 1 amide bonds. The Labute approximate surface area is 167 Å².